The number of rotatable bonds is 5. The molecule has 9 nitrogen and oxygen atoms in total. The molecule has 2 aromatic carbocycles. The summed E-state index contributed by atoms with van der Waals surface area (Å²) in [6, 6.07) is 11.9. The molecule has 0 unspecified atom stereocenters. The molecule has 1 atom stereocenters. The van der Waals surface area contributed by atoms with Crippen LogP contribution in [0.4, 0.5) is 22.1 Å². The Bertz CT molecular complexity index is 1280. The average Bonchev–Trinajstić information content (AvgIpc) is 3.26. The molecule has 1 aliphatic carbocycles. The molecule has 0 saturated heterocycles. The number of carboxylic acid groups (broad SMARTS) is 1. The largest absolute Gasteiger partial charge is 0.497 e. The summed E-state index contributed by atoms with van der Waals surface area (Å²) in [5, 5.41) is 13.0. The van der Waals surface area contributed by atoms with Gasteiger partial charge in [0.25, 0.3) is 0 Å². The lowest BCUT2D eigenvalue weighted by molar-refractivity contribution is -0.143. The van der Waals surface area contributed by atoms with Gasteiger partial charge in [0.05, 0.1) is 36.9 Å². The number of fused-ring (bicyclic) bond motifs is 3. The number of carbonyl (C=O) groups is 2. The quantitative estimate of drug-likeness (QED) is 0.484. The van der Waals surface area contributed by atoms with E-state index >= 15 is 0 Å². The van der Waals surface area contributed by atoms with Crippen LogP contribution in [-0.2, 0) is 16.0 Å². The van der Waals surface area contributed by atoms with Crippen LogP contribution in [0.25, 0.3) is 11.0 Å². The van der Waals surface area contributed by atoms with E-state index in [-0.39, 0.29) is 24.1 Å². The fourth-order valence-electron chi connectivity index (χ4n) is 5.62. The fourth-order valence-corrected chi connectivity index (χ4v) is 5.62. The molecule has 1 fully saturated rings. The van der Waals surface area contributed by atoms with Gasteiger partial charge < -0.3 is 24.5 Å². The van der Waals surface area contributed by atoms with Gasteiger partial charge >= 0.3 is 12.1 Å². The van der Waals surface area contributed by atoms with E-state index in [1.807, 2.05) is 43.3 Å². The van der Waals surface area contributed by atoms with Gasteiger partial charge in [-0.3, -0.25) is 9.69 Å². The Labute approximate surface area is 210 Å². The van der Waals surface area contributed by atoms with E-state index in [1.54, 1.807) is 12.0 Å². The highest BCUT2D eigenvalue weighted by molar-refractivity contribution is 5.96. The summed E-state index contributed by atoms with van der Waals surface area (Å²) >= 11 is 0. The lowest BCUT2D eigenvalue weighted by Crippen LogP contribution is -2.42. The Balaban J connectivity index is 1.60. The van der Waals surface area contributed by atoms with Crippen LogP contribution in [0.1, 0.15) is 50.6 Å². The van der Waals surface area contributed by atoms with E-state index in [1.165, 1.54) is 7.11 Å². The lowest BCUT2D eigenvalue weighted by atomic mass is 9.86. The second-order valence-electron chi connectivity index (χ2n) is 9.66. The van der Waals surface area contributed by atoms with E-state index in [2.05, 4.69) is 9.88 Å². The zero-order valence-corrected chi connectivity index (χ0v) is 20.9. The molecule has 1 amide bonds. The number of hydrogen-bond donors (Lipinski definition) is 2. The molecule has 9 heteroatoms. The third-order valence-corrected chi connectivity index (χ3v) is 7.58. The third kappa shape index (κ3) is 4.23. The molecule has 0 bridgehead atoms. The molecular formula is C27H32N4O5. The molecule has 36 heavy (non-hydrogen) atoms. The molecular weight excluding hydrogens is 460 g/mol. The van der Waals surface area contributed by atoms with Gasteiger partial charge in [-0.2, -0.15) is 0 Å². The van der Waals surface area contributed by atoms with Gasteiger partial charge in [0.2, 0.25) is 5.95 Å². The summed E-state index contributed by atoms with van der Waals surface area (Å²) in [5.41, 5.74) is 4.60. The molecule has 3 aromatic rings. The van der Waals surface area contributed by atoms with Crippen molar-refractivity contribution in [2.45, 2.75) is 57.5 Å². The van der Waals surface area contributed by atoms with Crippen molar-refractivity contribution in [3.63, 3.8) is 0 Å². The standard InChI is InChI=1S/C27H32N4O5/c1-16-4-13-21-22(30(16)27(34)36-3)14-15-23-24(21)29-26(28-18-7-11-20(35-2)12-8-18)31(23)19-9-5-17(6-10-19)25(32)33/h7-8,11-12,14-17,19H,4-6,9-10,13H2,1-3H3,(H,28,29)(H,32,33)/t16-,17?,19?/m0/s1. The van der Waals surface area contributed by atoms with Crippen LogP contribution in [0, 0.1) is 5.92 Å². The topological polar surface area (TPSA) is 106 Å². The van der Waals surface area contributed by atoms with Gasteiger partial charge in [0, 0.05) is 23.3 Å². The highest BCUT2D eigenvalue weighted by Crippen LogP contribution is 2.42. The monoisotopic (exact) mass is 492 g/mol. The second-order valence-corrected chi connectivity index (χ2v) is 9.66. The van der Waals surface area contributed by atoms with Crippen molar-refractivity contribution < 1.29 is 24.2 Å². The molecule has 0 spiro atoms. The van der Waals surface area contributed by atoms with Crippen LogP contribution in [0.5, 0.6) is 5.75 Å². The van der Waals surface area contributed by atoms with E-state index in [0.717, 1.165) is 59.4 Å². The smallest absolute Gasteiger partial charge is 0.414 e. The number of aliphatic carboxylic acids is 1. The lowest BCUT2D eigenvalue weighted by Gasteiger charge is -2.34. The minimum Gasteiger partial charge on any atom is -0.497 e. The summed E-state index contributed by atoms with van der Waals surface area (Å²) in [5.74, 6) is 0.473. The number of hydrogen-bond acceptors (Lipinski definition) is 6. The zero-order valence-electron chi connectivity index (χ0n) is 20.9. The van der Waals surface area contributed by atoms with Crippen molar-refractivity contribution in [2.75, 3.05) is 24.4 Å². The summed E-state index contributed by atoms with van der Waals surface area (Å²) in [4.78, 5) is 30.9. The number of aromatic nitrogens is 2. The number of nitrogens with zero attached hydrogens (tertiary/aromatic N) is 3. The van der Waals surface area contributed by atoms with Gasteiger partial charge in [-0.15, -0.1) is 0 Å². The third-order valence-electron chi connectivity index (χ3n) is 7.58. The number of methoxy groups -OCH3 is 2. The van der Waals surface area contributed by atoms with Crippen LogP contribution in [0.3, 0.4) is 0 Å². The van der Waals surface area contributed by atoms with E-state index in [4.69, 9.17) is 14.5 Å². The number of nitrogens with one attached hydrogen (secondary N) is 1. The van der Waals surface area contributed by atoms with Gasteiger partial charge in [-0.1, -0.05) is 0 Å². The highest BCUT2D eigenvalue weighted by Gasteiger charge is 2.33. The number of anilines is 3. The number of carbonyl (C=O) groups excluding carboxylic acids is 1. The average molecular weight is 493 g/mol. The Hall–Kier alpha value is -3.75. The number of amides is 1. The molecule has 2 heterocycles. The van der Waals surface area contributed by atoms with Crippen molar-refractivity contribution in [1.82, 2.24) is 9.55 Å². The van der Waals surface area contributed by atoms with Crippen LogP contribution >= 0.6 is 0 Å². The van der Waals surface area contributed by atoms with Crippen LogP contribution in [0.2, 0.25) is 0 Å². The molecule has 0 radical (unpaired) electrons. The first-order valence-corrected chi connectivity index (χ1v) is 12.5. The maximum Gasteiger partial charge on any atom is 0.414 e. The Morgan fingerprint density at radius 3 is 2.39 bits per heavy atom. The van der Waals surface area contributed by atoms with Gasteiger partial charge in [-0.05, 0) is 81.8 Å². The summed E-state index contributed by atoms with van der Waals surface area (Å²) in [7, 11) is 3.04. The van der Waals surface area contributed by atoms with Gasteiger partial charge in [0.1, 0.15) is 5.75 Å². The number of imidazole rings is 1. The zero-order chi connectivity index (χ0) is 25.4. The SMILES string of the molecule is COC(=O)N1c2ccc3c(nc(Nc4ccc(OC)cc4)n3C3CCC(C(=O)O)CC3)c2CC[C@@H]1C. The summed E-state index contributed by atoms with van der Waals surface area (Å²) in [6.07, 6.45) is 4.07. The molecule has 5 rings (SSSR count). The van der Waals surface area contributed by atoms with E-state index in [0.29, 0.717) is 18.8 Å². The second kappa shape index (κ2) is 9.72. The van der Waals surface area contributed by atoms with Crippen molar-refractivity contribution in [1.29, 1.82) is 0 Å². The number of benzene rings is 2. The highest BCUT2D eigenvalue weighted by atomic mass is 16.5. The fraction of sp³-hybridized carbons (Fsp3) is 0.444. The van der Waals surface area contributed by atoms with Crippen LogP contribution < -0.4 is 15.0 Å². The van der Waals surface area contributed by atoms with Crippen molar-refractivity contribution >= 4 is 40.4 Å². The number of aryl methyl sites for hydroxylation is 1. The number of ether oxygens (including phenoxy) is 2. The summed E-state index contributed by atoms with van der Waals surface area (Å²) in [6.45, 7) is 2.03. The summed E-state index contributed by atoms with van der Waals surface area (Å²) < 4.78 is 12.6. The Morgan fingerprint density at radius 1 is 1.03 bits per heavy atom. The molecule has 1 aliphatic heterocycles. The normalized spacial score (nSPS) is 21.6. The predicted molar refractivity (Wildman–Crippen MR) is 137 cm³/mol. The maximum absolute atomic E-state index is 12.6. The van der Waals surface area contributed by atoms with E-state index in [9.17, 15) is 14.7 Å². The van der Waals surface area contributed by atoms with Crippen LogP contribution in [0.15, 0.2) is 36.4 Å². The first-order valence-electron chi connectivity index (χ1n) is 12.5. The molecule has 1 saturated carbocycles. The molecule has 190 valence electrons. The van der Waals surface area contributed by atoms with Crippen LogP contribution in [-0.4, -0.2) is 47.0 Å². The molecule has 1 aromatic heterocycles. The Kier molecular flexibility index (Phi) is 6.47. The van der Waals surface area contributed by atoms with Crippen molar-refractivity contribution in [3.8, 4) is 5.75 Å². The first kappa shape index (κ1) is 24.0. The first-order chi connectivity index (χ1) is 17.4. The minimum atomic E-state index is -0.716. The molecule has 2 aliphatic rings. The molecule has 2 N–H and O–H groups in total. The number of carboxylic acids is 1. The van der Waals surface area contributed by atoms with Gasteiger partial charge in [0.15, 0.2) is 0 Å². The van der Waals surface area contributed by atoms with Crippen molar-refractivity contribution in [2.24, 2.45) is 5.92 Å². The van der Waals surface area contributed by atoms with E-state index < -0.39 is 5.97 Å². The van der Waals surface area contributed by atoms with Crippen molar-refractivity contribution in [3.05, 3.63) is 42.0 Å². The Morgan fingerprint density at radius 2 is 1.75 bits per heavy atom. The predicted octanol–water partition coefficient (Wildman–Crippen LogP) is 5.51. The maximum atomic E-state index is 12.6. The minimum absolute atomic E-state index is 0.0349. The van der Waals surface area contributed by atoms with Gasteiger partial charge in [-0.25, -0.2) is 9.78 Å².